The minimum atomic E-state index is -0.271. The van der Waals surface area contributed by atoms with Gasteiger partial charge >= 0.3 is 0 Å². The zero-order chi connectivity index (χ0) is 12.6. The van der Waals surface area contributed by atoms with E-state index < -0.39 is 0 Å². The van der Waals surface area contributed by atoms with Crippen LogP contribution in [0.15, 0.2) is 18.2 Å². The molecule has 0 spiro atoms. The highest BCUT2D eigenvalue weighted by atomic mass is 16.2. The Morgan fingerprint density at radius 1 is 1.29 bits per heavy atom. The van der Waals surface area contributed by atoms with Crippen LogP contribution >= 0.6 is 0 Å². The maximum absolute atomic E-state index is 12.3. The third-order valence-electron chi connectivity index (χ3n) is 3.60. The van der Waals surface area contributed by atoms with Gasteiger partial charge in [0.25, 0.3) is 0 Å². The zero-order valence-electron chi connectivity index (χ0n) is 10.8. The lowest BCUT2D eigenvalue weighted by molar-refractivity contribution is -0.123. The summed E-state index contributed by atoms with van der Waals surface area (Å²) in [4.78, 5) is 14.1. The van der Waals surface area contributed by atoms with Gasteiger partial charge in [0.15, 0.2) is 0 Å². The molecule has 1 aliphatic rings. The van der Waals surface area contributed by atoms with Crippen LogP contribution in [0.25, 0.3) is 0 Å². The summed E-state index contributed by atoms with van der Waals surface area (Å²) in [6.07, 6.45) is 1.86. The van der Waals surface area contributed by atoms with E-state index in [9.17, 15) is 4.79 Å². The van der Waals surface area contributed by atoms with Crippen molar-refractivity contribution in [1.82, 2.24) is 0 Å². The van der Waals surface area contributed by atoms with E-state index in [0.29, 0.717) is 6.54 Å². The van der Waals surface area contributed by atoms with Crippen LogP contribution in [0, 0.1) is 19.3 Å². The fourth-order valence-corrected chi connectivity index (χ4v) is 2.27. The summed E-state index contributed by atoms with van der Waals surface area (Å²) in [6.45, 7) is 4.55. The van der Waals surface area contributed by atoms with Crippen molar-refractivity contribution >= 4 is 11.6 Å². The highest BCUT2D eigenvalue weighted by Gasteiger charge is 2.50. The summed E-state index contributed by atoms with van der Waals surface area (Å²) in [5, 5.41) is 0. The second kappa shape index (κ2) is 4.15. The minimum Gasteiger partial charge on any atom is -0.329 e. The molecule has 0 atom stereocenters. The lowest BCUT2D eigenvalue weighted by Crippen LogP contribution is -2.38. The Morgan fingerprint density at radius 2 is 1.82 bits per heavy atom. The van der Waals surface area contributed by atoms with Gasteiger partial charge in [0.1, 0.15) is 0 Å². The molecule has 2 rings (SSSR count). The molecule has 3 heteroatoms. The van der Waals surface area contributed by atoms with Crippen molar-refractivity contribution in [3.8, 4) is 0 Å². The topological polar surface area (TPSA) is 46.3 Å². The molecule has 3 nitrogen and oxygen atoms in total. The molecule has 0 radical (unpaired) electrons. The summed E-state index contributed by atoms with van der Waals surface area (Å²) in [6, 6.07) is 6.19. The highest BCUT2D eigenvalue weighted by molar-refractivity contribution is 5.99. The van der Waals surface area contributed by atoms with Gasteiger partial charge in [-0.3, -0.25) is 4.79 Å². The molecule has 1 saturated carbocycles. The molecule has 0 unspecified atom stereocenters. The molecule has 1 aliphatic carbocycles. The van der Waals surface area contributed by atoms with E-state index >= 15 is 0 Å². The Balaban J connectivity index is 2.25. The van der Waals surface area contributed by atoms with Gasteiger partial charge in [0.05, 0.1) is 5.41 Å². The van der Waals surface area contributed by atoms with Crippen LogP contribution in [-0.2, 0) is 4.79 Å². The maximum Gasteiger partial charge on any atom is 0.234 e. The predicted octanol–water partition coefficient (Wildman–Crippen LogP) is 2.01. The Morgan fingerprint density at radius 3 is 2.24 bits per heavy atom. The van der Waals surface area contributed by atoms with Crippen molar-refractivity contribution in [1.29, 1.82) is 0 Å². The van der Waals surface area contributed by atoms with E-state index in [-0.39, 0.29) is 11.3 Å². The molecular weight excluding hydrogens is 212 g/mol. The smallest absolute Gasteiger partial charge is 0.234 e. The Bertz CT molecular complexity index is 429. The number of rotatable bonds is 3. The van der Waals surface area contributed by atoms with Crippen LogP contribution in [0.5, 0.6) is 0 Å². The average molecular weight is 232 g/mol. The van der Waals surface area contributed by atoms with Crippen molar-refractivity contribution in [2.24, 2.45) is 11.1 Å². The molecule has 2 N–H and O–H groups in total. The van der Waals surface area contributed by atoms with Crippen molar-refractivity contribution in [3.05, 3.63) is 29.3 Å². The van der Waals surface area contributed by atoms with Gasteiger partial charge in [-0.25, -0.2) is 0 Å². The molecular formula is C14H20N2O. The molecule has 17 heavy (non-hydrogen) atoms. The van der Waals surface area contributed by atoms with E-state index in [1.54, 1.807) is 4.90 Å². The SMILES string of the molecule is Cc1cc(C)cc(N(C)C(=O)C2(CN)CC2)c1. The van der Waals surface area contributed by atoms with Crippen molar-refractivity contribution in [3.63, 3.8) is 0 Å². The van der Waals surface area contributed by atoms with E-state index in [1.165, 1.54) is 11.1 Å². The lowest BCUT2D eigenvalue weighted by Gasteiger charge is -2.23. The Labute approximate surface area is 103 Å². The molecule has 1 amide bonds. The number of carbonyl (C=O) groups is 1. The first-order chi connectivity index (χ1) is 7.98. The van der Waals surface area contributed by atoms with Crippen molar-refractivity contribution < 1.29 is 4.79 Å². The average Bonchev–Trinajstić information content (AvgIpc) is 3.06. The summed E-state index contributed by atoms with van der Waals surface area (Å²) >= 11 is 0. The fourth-order valence-electron chi connectivity index (χ4n) is 2.27. The summed E-state index contributed by atoms with van der Waals surface area (Å²) in [5.41, 5.74) is 8.75. The second-order valence-electron chi connectivity index (χ2n) is 5.19. The first kappa shape index (κ1) is 12.1. The van der Waals surface area contributed by atoms with Gasteiger partial charge in [0, 0.05) is 19.3 Å². The van der Waals surface area contributed by atoms with Gasteiger partial charge in [-0.1, -0.05) is 6.07 Å². The van der Waals surface area contributed by atoms with Crippen LogP contribution in [0.4, 0.5) is 5.69 Å². The molecule has 0 heterocycles. The maximum atomic E-state index is 12.3. The summed E-state index contributed by atoms with van der Waals surface area (Å²) < 4.78 is 0. The number of nitrogens with zero attached hydrogens (tertiary/aromatic N) is 1. The summed E-state index contributed by atoms with van der Waals surface area (Å²) in [7, 11) is 1.84. The number of hydrogen-bond donors (Lipinski definition) is 1. The largest absolute Gasteiger partial charge is 0.329 e. The lowest BCUT2D eigenvalue weighted by atomic mass is 10.0. The fraction of sp³-hybridized carbons (Fsp3) is 0.500. The van der Waals surface area contributed by atoms with E-state index in [2.05, 4.69) is 6.07 Å². The number of amides is 1. The standard InChI is InChI=1S/C14H20N2O/c1-10-6-11(2)8-12(7-10)16(3)13(17)14(9-15)4-5-14/h6-8H,4-5,9,15H2,1-3H3. The number of nitrogens with two attached hydrogens (primary N) is 1. The van der Waals surface area contributed by atoms with E-state index in [1.807, 2.05) is 33.0 Å². The molecule has 0 aromatic heterocycles. The number of carbonyl (C=O) groups excluding carboxylic acids is 1. The second-order valence-corrected chi connectivity index (χ2v) is 5.19. The molecule has 1 aromatic carbocycles. The van der Waals surface area contributed by atoms with Crippen LogP contribution < -0.4 is 10.6 Å². The number of aryl methyl sites for hydroxylation is 2. The van der Waals surface area contributed by atoms with Crippen LogP contribution in [0.2, 0.25) is 0 Å². The molecule has 1 fully saturated rings. The third kappa shape index (κ3) is 2.20. The first-order valence-corrected chi connectivity index (χ1v) is 6.05. The van der Waals surface area contributed by atoms with Gasteiger partial charge < -0.3 is 10.6 Å². The van der Waals surface area contributed by atoms with Gasteiger partial charge in [0.2, 0.25) is 5.91 Å². The number of hydrogen-bond acceptors (Lipinski definition) is 2. The van der Waals surface area contributed by atoms with Gasteiger partial charge in [-0.15, -0.1) is 0 Å². The first-order valence-electron chi connectivity index (χ1n) is 6.05. The zero-order valence-corrected chi connectivity index (χ0v) is 10.8. The van der Waals surface area contributed by atoms with E-state index in [4.69, 9.17) is 5.73 Å². The summed E-state index contributed by atoms with van der Waals surface area (Å²) in [5.74, 6) is 0.157. The third-order valence-corrected chi connectivity index (χ3v) is 3.60. The normalized spacial score (nSPS) is 16.7. The van der Waals surface area contributed by atoms with Crippen molar-refractivity contribution in [2.45, 2.75) is 26.7 Å². The number of anilines is 1. The highest BCUT2D eigenvalue weighted by Crippen LogP contribution is 2.46. The van der Waals surface area contributed by atoms with Crippen LogP contribution in [0.3, 0.4) is 0 Å². The molecule has 0 saturated heterocycles. The Kier molecular flexibility index (Phi) is 2.96. The molecule has 0 aliphatic heterocycles. The van der Waals surface area contributed by atoms with E-state index in [0.717, 1.165) is 18.5 Å². The van der Waals surface area contributed by atoms with Gasteiger partial charge in [-0.05, 0) is 49.9 Å². The van der Waals surface area contributed by atoms with Crippen LogP contribution in [-0.4, -0.2) is 19.5 Å². The number of benzene rings is 1. The predicted molar refractivity (Wildman–Crippen MR) is 70.0 cm³/mol. The molecule has 92 valence electrons. The van der Waals surface area contributed by atoms with Gasteiger partial charge in [-0.2, -0.15) is 0 Å². The van der Waals surface area contributed by atoms with Crippen LogP contribution in [0.1, 0.15) is 24.0 Å². The minimum absolute atomic E-state index is 0.157. The van der Waals surface area contributed by atoms with Crippen molar-refractivity contribution in [2.75, 3.05) is 18.5 Å². The molecule has 1 aromatic rings. The molecule has 0 bridgehead atoms. The quantitative estimate of drug-likeness (QED) is 0.866. The monoisotopic (exact) mass is 232 g/mol. The Hall–Kier alpha value is -1.35.